The maximum Gasteiger partial charge on any atom is 0.191 e. The van der Waals surface area contributed by atoms with Crippen LogP contribution in [0.25, 0.3) is 0 Å². The van der Waals surface area contributed by atoms with E-state index in [0.29, 0.717) is 6.10 Å². The summed E-state index contributed by atoms with van der Waals surface area (Å²) in [4.78, 5) is 4.42. The highest BCUT2D eigenvalue weighted by Gasteiger charge is 2.32. The van der Waals surface area contributed by atoms with E-state index in [-0.39, 0.29) is 4.75 Å². The molecule has 0 aromatic rings. The topological polar surface area (TPSA) is 54.9 Å². The first-order chi connectivity index (χ1) is 12.7. The lowest BCUT2D eigenvalue weighted by Gasteiger charge is -2.37. The number of thioether (sulfide) groups is 1. The second kappa shape index (κ2) is 12.1. The molecule has 1 aliphatic heterocycles. The van der Waals surface area contributed by atoms with Crippen molar-refractivity contribution in [3.63, 3.8) is 0 Å². The van der Waals surface area contributed by atoms with Gasteiger partial charge in [0.15, 0.2) is 5.96 Å². The average Bonchev–Trinajstić information content (AvgIpc) is 3.19. The van der Waals surface area contributed by atoms with Crippen LogP contribution in [-0.4, -0.2) is 62.5 Å². The molecule has 1 unspecified atom stereocenters. The van der Waals surface area contributed by atoms with Gasteiger partial charge in [-0.05, 0) is 50.7 Å². The quantitative estimate of drug-likeness (QED) is 0.446. The third-order valence-corrected chi connectivity index (χ3v) is 7.14. The lowest BCUT2D eigenvalue weighted by molar-refractivity contribution is 0.0169. The molecule has 0 spiro atoms. The van der Waals surface area contributed by atoms with Crippen LogP contribution in [0.3, 0.4) is 0 Å². The standard InChI is InChI=1S/C20H39N3O2S/c1-4-25-18(17-8-6-7-9-17)10-13-22-19(21-3)23-16-20(26-5-2)11-14-24-15-12-20/h17-18H,4-16H2,1-3H3,(H2,21,22,23). The molecule has 26 heavy (non-hydrogen) atoms. The predicted octanol–water partition coefficient (Wildman–Crippen LogP) is 3.44. The summed E-state index contributed by atoms with van der Waals surface area (Å²) >= 11 is 2.06. The Morgan fingerprint density at radius 3 is 2.58 bits per heavy atom. The zero-order valence-electron chi connectivity index (χ0n) is 17.0. The fourth-order valence-corrected chi connectivity index (χ4v) is 5.46. The van der Waals surface area contributed by atoms with Crippen molar-refractivity contribution in [2.75, 3.05) is 45.7 Å². The van der Waals surface area contributed by atoms with Crippen LogP contribution < -0.4 is 10.6 Å². The Labute approximate surface area is 164 Å². The Morgan fingerprint density at radius 1 is 1.23 bits per heavy atom. The molecule has 0 aromatic carbocycles. The second-order valence-electron chi connectivity index (χ2n) is 7.41. The molecule has 152 valence electrons. The van der Waals surface area contributed by atoms with Crippen molar-refractivity contribution < 1.29 is 9.47 Å². The summed E-state index contributed by atoms with van der Waals surface area (Å²) in [5.74, 6) is 2.80. The largest absolute Gasteiger partial charge is 0.381 e. The fraction of sp³-hybridized carbons (Fsp3) is 0.950. The Morgan fingerprint density at radius 2 is 1.96 bits per heavy atom. The second-order valence-corrected chi connectivity index (χ2v) is 9.14. The minimum atomic E-state index is 0.280. The molecule has 5 nitrogen and oxygen atoms in total. The van der Waals surface area contributed by atoms with Gasteiger partial charge in [-0.15, -0.1) is 0 Å². The number of guanidine groups is 1. The first kappa shape index (κ1) is 21.8. The van der Waals surface area contributed by atoms with Crippen molar-refractivity contribution in [2.45, 2.75) is 69.6 Å². The molecule has 0 radical (unpaired) electrons. The molecule has 0 bridgehead atoms. The Bertz CT molecular complexity index is 402. The van der Waals surface area contributed by atoms with Crippen LogP contribution in [0.5, 0.6) is 0 Å². The van der Waals surface area contributed by atoms with Gasteiger partial charge in [-0.2, -0.15) is 11.8 Å². The summed E-state index contributed by atoms with van der Waals surface area (Å²) in [7, 11) is 1.86. The number of nitrogens with one attached hydrogen (secondary N) is 2. The van der Waals surface area contributed by atoms with Gasteiger partial charge in [0.05, 0.1) is 6.10 Å². The molecule has 1 saturated heterocycles. The smallest absolute Gasteiger partial charge is 0.191 e. The highest BCUT2D eigenvalue weighted by atomic mass is 32.2. The van der Waals surface area contributed by atoms with Crippen molar-refractivity contribution in [3.05, 3.63) is 0 Å². The van der Waals surface area contributed by atoms with E-state index < -0.39 is 0 Å². The number of hydrogen-bond donors (Lipinski definition) is 2. The van der Waals surface area contributed by atoms with Crippen molar-refractivity contribution in [1.82, 2.24) is 10.6 Å². The van der Waals surface area contributed by atoms with Gasteiger partial charge in [0, 0.05) is 44.7 Å². The molecule has 6 heteroatoms. The molecule has 2 fully saturated rings. The SMILES string of the molecule is CCOC(CCNC(=NC)NCC1(SCC)CCOCC1)C1CCCC1. The minimum absolute atomic E-state index is 0.280. The van der Waals surface area contributed by atoms with Crippen LogP contribution in [0.2, 0.25) is 0 Å². The number of nitrogens with zero attached hydrogens (tertiary/aromatic N) is 1. The molecule has 0 amide bonds. The number of hydrogen-bond acceptors (Lipinski definition) is 4. The third kappa shape index (κ3) is 6.93. The Kier molecular flexibility index (Phi) is 10.2. The summed E-state index contributed by atoms with van der Waals surface area (Å²) in [5, 5.41) is 7.06. The molecule has 1 atom stereocenters. The lowest BCUT2D eigenvalue weighted by atomic mass is 9.98. The highest BCUT2D eigenvalue weighted by molar-refractivity contribution is 8.00. The number of rotatable bonds is 10. The van der Waals surface area contributed by atoms with Gasteiger partial charge in [0.1, 0.15) is 0 Å². The van der Waals surface area contributed by atoms with Crippen LogP contribution in [0.15, 0.2) is 4.99 Å². The van der Waals surface area contributed by atoms with Crippen molar-refractivity contribution in [1.29, 1.82) is 0 Å². The monoisotopic (exact) mass is 385 g/mol. The van der Waals surface area contributed by atoms with E-state index in [1.54, 1.807) is 0 Å². The van der Waals surface area contributed by atoms with Gasteiger partial charge in [-0.25, -0.2) is 0 Å². The van der Waals surface area contributed by atoms with E-state index in [4.69, 9.17) is 9.47 Å². The molecular weight excluding hydrogens is 346 g/mol. The zero-order valence-corrected chi connectivity index (χ0v) is 17.8. The van der Waals surface area contributed by atoms with Crippen LogP contribution in [0, 0.1) is 5.92 Å². The lowest BCUT2D eigenvalue weighted by Crippen LogP contribution is -2.48. The first-order valence-electron chi connectivity index (χ1n) is 10.5. The van der Waals surface area contributed by atoms with Crippen LogP contribution in [0.4, 0.5) is 0 Å². The normalized spacial score (nSPS) is 22.3. The summed E-state index contributed by atoms with van der Waals surface area (Å²) < 4.78 is 11.9. The number of ether oxygens (including phenoxy) is 2. The van der Waals surface area contributed by atoms with Gasteiger partial charge >= 0.3 is 0 Å². The maximum absolute atomic E-state index is 6.03. The minimum Gasteiger partial charge on any atom is -0.381 e. The van der Waals surface area contributed by atoms with Gasteiger partial charge in [-0.1, -0.05) is 19.8 Å². The highest BCUT2D eigenvalue weighted by Crippen LogP contribution is 2.34. The van der Waals surface area contributed by atoms with Crippen LogP contribution in [0.1, 0.15) is 58.8 Å². The predicted molar refractivity (Wildman–Crippen MR) is 112 cm³/mol. The van der Waals surface area contributed by atoms with Crippen LogP contribution >= 0.6 is 11.8 Å². The summed E-state index contributed by atoms with van der Waals surface area (Å²) in [6.45, 7) is 8.77. The summed E-state index contributed by atoms with van der Waals surface area (Å²) in [6.07, 6.45) is 9.07. The third-order valence-electron chi connectivity index (χ3n) is 5.68. The Hall–Kier alpha value is -0.460. The van der Waals surface area contributed by atoms with Gasteiger partial charge in [0.2, 0.25) is 0 Å². The van der Waals surface area contributed by atoms with Gasteiger partial charge in [-0.3, -0.25) is 4.99 Å². The van der Waals surface area contributed by atoms with Crippen molar-refractivity contribution in [2.24, 2.45) is 10.9 Å². The first-order valence-corrected chi connectivity index (χ1v) is 11.5. The Balaban J connectivity index is 1.75. The molecule has 2 N–H and O–H groups in total. The summed E-state index contributed by atoms with van der Waals surface area (Å²) in [5.41, 5.74) is 0. The van der Waals surface area contributed by atoms with E-state index in [9.17, 15) is 0 Å². The molecule has 1 heterocycles. The van der Waals surface area contributed by atoms with E-state index in [0.717, 1.165) is 69.8 Å². The van der Waals surface area contributed by atoms with E-state index in [2.05, 4.69) is 41.2 Å². The molecule has 2 rings (SSSR count). The molecule has 1 saturated carbocycles. The van der Waals surface area contributed by atoms with Crippen molar-refractivity contribution in [3.8, 4) is 0 Å². The molecular formula is C20H39N3O2S. The van der Waals surface area contributed by atoms with Crippen molar-refractivity contribution >= 4 is 17.7 Å². The molecule has 0 aromatic heterocycles. The van der Waals surface area contributed by atoms with E-state index >= 15 is 0 Å². The van der Waals surface area contributed by atoms with E-state index in [1.807, 2.05) is 7.05 Å². The van der Waals surface area contributed by atoms with E-state index in [1.165, 1.54) is 25.7 Å². The summed E-state index contributed by atoms with van der Waals surface area (Å²) in [6, 6.07) is 0. The van der Waals surface area contributed by atoms with Crippen LogP contribution in [-0.2, 0) is 9.47 Å². The van der Waals surface area contributed by atoms with Gasteiger partial charge < -0.3 is 20.1 Å². The number of aliphatic imine (C=N–C) groups is 1. The van der Waals surface area contributed by atoms with Gasteiger partial charge in [0.25, 0.3) is 0 Å². The molecule has 2 aliphatic rings. The average molecular weight is 386 g/mol. The molecule has 1 aliphatic carbocycles. The fourth-order valence-electron chi connectivity index (χ4n) is 4.22. The zero-order chi connectivity index (χ0) is 18.7. The maximum atomic E-state index is 6.03.